The minimum atomic E-state index is -3.68. The number of carbonyl (C=O) groups excluding carboxylic acids is 1. The van der Waals surface area contributed by atoms with Crippen LogP contribution in [0.5, 0.6) is 0 Å². The summed E-state index contributed by atoms with van der Waals surface area (Å²) in [5.74, 6) is -0.578. The highest BCUT2D eigenvalue weighted by molar-refractivity contribution is 9.10. The van der Waals surface area contributed by atoms with E-state index in [2.05, 4.69) is 26.0 Å². The number of benzene rings is 2. The van der Waals surface area contributed by atoms with E-state index >= 15 is 0 Å². The van der Waals surface area contributed by atoms with E-state index in [0.29, 0.717) is 25.9 Å². The maximum Gasteiger partial charge on any atom is 0.240 e. The van der Waals surface area contributed by atoms with Gasteiger partial charge >= 0.3 is 0 Å². The fourth-order valence-electron chi connectivity index (χ4n) is 3.24. The number of halogens is 2. The Morgan fingerprint density at radius 1 is 1.17 bits per heavy atom. The fraction of sp³-hybridized carbons (Fsp3) is 0.350. The average molecular weight is 484 g/mol. The maximum absolute atomic E-state index is 13.0. The molecule has 6 nitrogen and oxygen atoms in total. The predicted octanol–water partition coefficient (Wildman–Crippen LogP) is 3.28. The number of nitrogens with one attached hydrogen (secondary N) is 2. The van der Waals surface area contributed by atoms with Crippen LogP contribution >= 0.6 is 15.9 Å². The van der Waals surface area contributed by atoms with E-state index < -0.39 is 15.8 Å². The quantitative estimate of drug-likeness (QED) is 0.660. The Morgan fingerprint density at radius 2 is 1.83 bits per heavy atom. The molecule has 0 atom stereocenters. The number of amides is 1. The van der Waals surface area contributed by atoms with Crippen LogP contribution in [-0.2, 0) is 14.8 Å². The second kappa shape index (κ2) is 9.34. The third kappa shape index (κ3) is 6.08. The lowest BCUT2D eigenvalue weighted by Gasteiger charge is -2.31. The molecule has 1 heterocycles. The van der Waals surface area contributed by atoms with Crippen LogP contribution in [0.4, 0.5) is 10.1 Å². The van der Waals surface area contributed by atoms with Gasteiger partial charge in [-0.05, 0) is 67.8 Å². The van der Waals surface area contributed by atoms with Gasteiger partial charge in [0.05, 0.1) is 11.4 Å². The third-order valence-electron chi connectivity index (χ3n) is 4.84. The molecule has 0 bridgehead atoms. The Kier molecular flexibility index (Phi) is 7.05. The minimum absolute atomic E-state index is 0.0468. The number of sulfonamides is 1. The standard InChI is InChI=1S/C20H23BrFN3O3S/c1-14-12-17(4-7-19(14)21)23-20(26)13-25-10-8-16(9-11-25)24-29(27,28)18-5-2-15(22)3-6-18/h2-7,12,16,24H,8-11,13H2,1H3,(H,23,26). The topological polar surface area (TPSA) is 78.5 Å². The van der Waals surface area contributed by atoms with E-state index in [-0.39, 0.29) is 23.4 Å². The van der Waals surface area contributed by atoms with Gasteiger partial charge in [0.25, 0.3) is 0 Å². The lowest BCUT2D eigenvalue weighted by atomic mass is 10.1. The molecule has 1 amide bonds. The van der Waals surface area contributed by atoms with E-state index in [9.17, 15) is 17.6 Å². The van der Waals surface area contributed by atoms with E-state index in [1.54, 1.807) is 0 Å². The summed E-state index contributed by atoms with van der Waals surface area (Å²) in [6.45, 7) is 3.44. The molecule has 0 radical (unpaired) electrons. The number of aryl methyl sites for hydroxylation is 1. The molecule has 2 aromatic carbocycles. The van der Waals surface area contributed by atoms with E-state index in [0.717, 1.165) is 27.9 Å². The van der Waals surface area contributed by atoms with Gasteiger partial charge in [0.2, 0.25) is 15.9 Å². The van der Waals surface area contributed by atoms with Crippen molar-refractivity contribution in [1.82, 2.24) is 9.62 Å². The van der Waals surface area contributed by atoms with Gasteiger partial charge in [-0.2, -0.15) is 0 Å². The number of anilines is 1. The van der Waals surface area contributed by atoms with Crippen LogP contribution in [0.2, 0.25) is 0 Å². The summed E-state index contributed by atoms with van der Waals surface area (Å²) in [6, 6.07) is 10.2. The van der Waals surface area contributed by atoms with Gasteiger partial charge in [-0.1, -0.05) is 15.9 Å². The highest BCUT2D eigenvalue weighted by atomic mass is 79.9. The first-order valence-electron chi connectivity index (χ1n) is 9.29. The second-order valence-corrected chi connectivity index (χ2v) is 9.71. The molecule has 0 spiro atoms. The molecule has 1 aliphatic heterocycles. The van der Waals surface area contributed by atoms with Crippen LogP contribution in [0.1, 0.15) is 18.4 Å². The number of carbonyl (C=O) groups is 1. The van der Waals surface area contributed by atoms with Crippen molar-refractivity contribution in [2.24, 2.45) is 0 Å². The van der Waals surface area contributed by atoms with Crippen molar-refractivity contribution in [2.75, 3.05) is 25.0 Å². The SMILES string of the molecule is Cc1cc(NC(=O)CN2CCC(NS(=O)(=O)c3ccc(F)cc3)CC2)ccc1Br. The minimum Gasteiger partial charge on any atom is -0.325 e. The highest BCUT2D eigenvalue weighted by Crippen LogP contribution is 2.20. The molecule has 29 heavy (non-hydrogen) atoms. The van der Waals surface area contributed by atoms with Gasteiger partial charge in [0.15, 0.2) is 0 Å². The van der Waals surface area contributed by atoms with Crippen molar-refractivity contribution in [2.45, 2.75) is 30.7 Å². The number of hydrogen-bond donors (Lipinski definition) is 2. The van der Waals surface area contributed by atoms with Gasteiger partial charge in [0, 0.05) is 29.3 Å². The molecule has 0 aromatic heterocycles. The average Bonchev–Trinajstić information content (AvgIpc) is 2.66. The number of hydrogen-bond acceptors (Lipinski definition) is 4. The zero-order chi connectivity index (χ0) is 21.0. The normalized spacial score (nSPS) is 16.0. The van der Waals surface area contributed by atoms with E-state index in [1.165, 1.54) is 12.1 Å². The second-order valence-electron chi connectivity index (χ2n) is 7.14. The zero-order valence-electron chi connectivity index (χ0n) is 16.0. The molecule has 0 aliphatic carbocycles. The molecular formula is C20H23BrFN3O3S. The molecule has 9 heteroatoms. The Bertz CT molecular complexity index is 975. The lowest BCUT2D eigenvalue weighted by Crippen LogP contribution is -2.46. The monoisotopic (exact) mass is 483 g/mol. The van der Waals surface area contributed by atoms with Crippen molar-refractivity contribution < 1.29 is 17.6 Å². The third-order valence-corrected chi connectivity index (χ3v) is 7.27. The van der Waals surface area contributed by atoms with Gasteiger partial charge in [-0.25, -0.2) is 17.5 Å². The van der Waals surface area contributed by atoms with Crippen LogP contribution in [-0.4, -0.2) is 44.9 Å². The molecule has 2 N–H and O–H groups in total. The zero-order valence-corrected chi connectivity index (χ0v) is 18.4. The van der Waals surface area contributed by atoms with Gasteiger partial charge in [-0.15, -0.1) is 0 Å². The first kappa shape index (κ1) is 21.9. The molecular weight excluding hydrogens is 461 g/mol. The summed E-state index contributed by atoms with van der Waals surface area (Å²) in [7, 11) is -3.68. The first-order valence-corrected chi connectivity index (χ1v) is 11.6. The van der Waals surface area contributed by atoms with Crippen LogP contribution in [0.15, 0.2) is 51.8 Å². The highest BCUT2D eigenvalue weighted by Gasteiger charge is 2.25. The van der Waals surface area contributed by atoms with Gasteiger partial charge in [-0.3, -0.25) is 9.69 Å². The molecule has 1 saturated heterocycles. The predicted molar refractivity (Wildman–Crippen MR) is 114 cm³/mol. The summed E-state index contributed by atoms with van der Waals surface area (Å²) in [5, 5.41) is 2.89. The summed E-state index contributed by atoms with van der Waals surface area (Å²) in [6.07, 6.45) is 1.20. The summed E-state index contributed by atoms with van der Waals surface area (Å²) < 4.78 is 41.5. The maximum atomic E-state index is 13.0. The number of rotatable bonds is 6. The molecule has 1 fully saturated rings. The summed E-state index contributed by atoms with van der Waals surface area (Å²) >= 11 is 3.43. The number of nitrogens with zero attached hydrogens (tertiary/aromatic N) is 1. The largest absolute Gasteiger partial charge is 0.325 e. The van der Waals surface area contributed by atoms with Crippen LogP contribution in [0.3, 0.4) is 0 Å². The molecule has 2 aromatic rings. The van der Waals surface area contributed by atoms with Crippen molar-refractivity contribution in [3.8, 4) is 0 Å². The Hall–Kier alpha value is -1.81. The molecule has 156 valence electrons. The fourth-order valence-corrected chi connectivity index (χ4v) is 4.79. The van der Waals surface area contributed by atoms with Crippen molar-refractivity contribution in [3.05, 3.63) is 58.3 Å². The van der Waals surface area contributed by atoms with Crippen LogP contribution in [0, 0.1) is 12.7 Å². The summed E-state index contributed by atoms with van der Waals surface area (Å²) in [5.41, 5.74) is 1.79. The van der Waals surface area contributed by atoms with E-state index in [1.807, 2.05) is 30.0 Å². The Labute approximate surface area is 178 Å². The summed E-state index contributed by atoms with van der Waals surface area (Å²) in [4.78, 5) is 14.3. The van der Waals surface area contributed by atoms with Crippen LogP contribution in [0.25, 0.3) is 0 Å². The van der Waals surface area contributed by atoms with Gasteiger partial charge in [0.1, 0.15) is 5.82 Å². The van der Waals surface area contributed by atoms with Crippen LogP contribution < -0.4 is 10.0 Å². The lowest BCUT2D eigenvalue weighted by molar-refractivity contribution is -0.117. The smallest absolute Gasteiger partial charge is 0.240 e. The first-order chi connectivity index (χ1) is 13.7. The Morgan fingerprint density at radius 3 is 2.45 bits per heavy atom. The van der Waals surface area contributed by atoms with E-state index in [4.69, 9.17) is 0 Å². The van der Waals surface area contributed by atoms with Crippen molar-refractivity contribution >= 4 is 37.5 Å². The Balaban J connectivity index is 1.48. The van der Waals surface area contributed by atoms with Crippen molar-refractivity contribution in [1.29, 1.82) is 0 Å². The van der Waals surface area contributed by atoms with Crippen molar-refractivity contribution in [3.63, 3.8) is 0 Å². The number of likely N-dealkylation sites (tertiary alicyclic amines) is 1. The molecule has 1 aliphatic rings. The molecule has 0 saturated carbocycles. The number of piperidine rings is 1. The molecule has 0 unspecified atom stereocenters. The van der Waals surface area contributed by atoms with Gasteiger partial charge < -0.3 is 5.32 Å². The molecule has 3 rings (SSSR count).